The van der Waals surface area contributed by atoms with Crippen molar-refractivity contribution in [2.75, 3.05) is 46.9 Å². The highest BCUT2D eigenvalue weighted by Gasteiger charge is 2.52. The summed E-state index contributed by atoms with van der Waals surface area (Å²) in [6.45, 7) is 6.44. The first kappa shape index (κ1) is 34.8. The third-order valence-electron chi connectivity index (χ3n) is 10.9. The molecular weight excluding hydrogens is 701 g/mol. The number of carbonyl (C=O) groups is 2. The molecule has 2 aromatic heterocycles. The van der Waals surface area contributed by atoms with Crippen molar-refractivity contribution in [2.24, 2.45) is 5.41 Å². The number of nitrogens with zero attached hydrogens (tertiary/aromatic N) is 5. The maximum absolute atomic E-state index is 11.7. The van der Waals surface area contributed by atoms with Gasteiger partial charge in [-0.15, -0.1) is 0 Å². The van der Waals surface area contributed by atoms with E-state index in [1.54, 1.807) is 27.3 Å². The first-order valence-electron chi connectivity index (χ1n) is 17.7. The number of amides is 2. The molecule has 4 aromatic rings. The van der Waals surface area contributed by atoms with Crippen LogP contribution in [0, 0.1) is 5.41 Å². The summed E-state index contributed by atoms with van der Waals surface area (Å²) >= 11 is 14.3. The Balaban J connectivity index is 1.02. The molecule has 3 fully saturated rings. The number of halogens is 2. The number of aryl methyl sites for hydroxylation is 1. The average molecular weight is 743 g/mol. The SMILES string of the molecule is COc1nc(-c2cccc(-c3cccc(-c4cc5c(c(OC)n4)C(NCC4CCC(=O)N4)CC5)c3Cl)c2Cl)cnc1CN1CC2(C1)CN(C(C)=O)C2. The molecule has 5 heterocycles. The van der Waals surface area contributed by atoms with Crippen molar-refractivity contribution in [1.82, 2.24) is 35.4 Å². The summed E-state index contributed by atoms with van der Waals surface area (Å²) in [6.07, 6.45) is 4.96. The van der Waals surface area contributed by atoms with Crippen LogP contribution in [0.5, 0.6) is 11.8 Å². The van der Waals surface area contributed by atoms with Gasteiger partial charge < -0.3 is 25.0 Å². The summed E-state index contributed by atoms with van der Waals surface area (Å²) in [5, 5.41) is 7.70. The molecular formula is C39H41Cl2N7O4. The number of pyridine rings is 1. The highest BCUT2D eigenvalue weighted by atomic mass is 35.5. The van der Waals surface area contributed by atoms with Crippen LogP contribution >= 0.6 is 23.2 Å². The van der Waals surface area contributed by atoms with Crippen molar-refractivity contribution < 1.29 is 19.1 Å². The monoisotopic (exact) mass is 741 g/mol. The number of carbonyl (C=O) groups excluding carboxylic acids is 2. The molecule has 1 spiro atoms. The van der Waals surface area contributed by atoms with Gasteiger partial charge in [-0.2, -0.15) is 0 Å². The largest absolute Gasteiger partial charge is 0.481 e. The van der Waals surface area contributed by atoms with E-state index < -0.39 is 0 Å². The molecule has 2 aromatic carbocycles. The van der Waals surface area contributed by atoms with E-state index in [0.717, 1.165) is 79.1 Å². The lowest BCUT2D eigenvalue weighted by atomic mass is 9.73. The summed E-state index contributed by atoms with van der Waals surface area (Å²) in [6, 6.07) is 14.0. The van der Waals surface area contributed by atoms with E-state index in [1.807, 2.05) is 41.3 Å². The summed E-state index contributed by atoms with van der Waals surface area (Å²) in [5.41, 5.74) is 7.55. The van der Waals surface area contributed by atoms with E-state index in [4.69, 9.17) is 47.6 Å². The van der Waals surface area contributed by atoms with E-state index in [2.05, 4.69) is 21.6 Å². The minimum Gasteiger partial charge on any atom is -0.481 e. The molecule has 2 unspecified atom stereocenters. The van der Waals surface area contributed by atoms with Crippen molar-refractivity contribution in [3.8, 4) is 45.4 Å². The lowest BCUT2D eigenvalue weighted by molar-refractivity contribution is -0.157. The van der Waals surface area contributed by atoms with Crippen molar-refractivity contribution in [3.05, 3.63) is 75.5 Å². The summed E-state index contributed by atoms with van der Waals surface area (Å²) in [7, 11) is 3.25. The van der Waals surface area contributed by atoms with Gasteiger partial charge in [0, 0.05) is 97.9 Å². The first-order valence-corrected chi connectivity index (χ1v) is 18.5. The van der Waals surface area contributed by atoms with E-state index in [9.17, 15) is 9.59 Å². The highest BCUT2D eigenvalue weighted by Crippen LogP contribution is 2.45. The van der Waals surface area contributed by atoms with Crippen molar-refractivity contribution >= 4 is 35.0 Å². The molecule has 13 heteroatoms. The third kappa shape index (κ3) is 6.38. The Morgan fingerprint density at radius 1 is 0.923 bits per heavy atom. The van der Waals surface area contributed by atoms with Crippen LogP contribution in [0.15, 0.2) is 48.7 Å². The number of hydrogen-bond donors (Lipinski definition) is 2. The predicted octanol–water partition coefficient (Wildman–Crippen LogP) is 5.72. The van der Waals surface area contributed by atoms with Crippen LogP contribution in [0.3, 0.4) is 0 Å². The molecule has 0 radical (unpaired) electrons. The third-order valence-corrected chi connectivity index (χ3v) is 11.7. The fourth-order valence-corrected chi connectivity index (χ4v) is 8.95. The number of ether oxygens (including phenoxy) is 2. The van der Waals surface area contributed by atoms with Gasteiger partial charge in [-0.1, -0.05) is 59.6 Å². The molecule has 4 aliphatic rings. The molecule has 2 amide bonds. The molecule has 52 heavy (non-hydrogen) atoms. The first-order chi connectivity index (χ1) is 25.1. The van der Waals surface area contributed by atoms with Crippen molar-refractivity contribution in [2.45, 2.75) is 51.2 Å². The maximum atomic E-state index is 11.7. The lowest BCUT2D eigenvalue weighted by Gasteiger charge is -2.60. The Morgan fingerprint density at radius 2 is 1.58 bits per heavy atom. The predicted molar refractivity (Wildman–Crippen MR) is 199 cm³/mol. The number of likely N-dealkylation sites (tertiary alicyclic amines) is 2. The number of methoxy groups -OCH3 is 2. The van der Waals surface area contributed by atoms with Crippen LogP contribution in [0.2, 0.25) is 10.0 Å². The topological polar surface area (TPSA) is 122 Å². The van der Waals surface area contributed by atoms with E-state index in [-0.39, 0.29) is 29.3 Å². The Bertz CT molecular complexity index is 2060. The van der Waals surface area contributed by atoms with Gasteiger partial charge >= 0.3 is 0 Å². The number of nitrogens with one attached hydrogen (secondary N) is 2. The van der Waals surface area contributed by atoms with Gasteiger partial charge in [0.2, 0.25) is 23.6 Å². The van der Waals surface area contributed by atoms with Gasteiger partial charge in [0.25, 0.3) is 0 Å². The van der Waals surface area contributed by atoms with E-state index in [1.165, 1.54) is 5.56 Å². The molecule has 3 saturated heterocycles. The normalized spacial score (nSPS) is 20.3. The number of hydrogen-bond acceptors (Lipinski definition) is 9. The second-order valence-corrected chi connectivity index (χ2v) is 15.2. The second-order valence-electron chi connectivity index (χ2n) is 14.5. The number of rotatable bonds is 10. The number of fused-ring (bicyclic) bond motifs is 1. The number of benzene rings is 2. The van der Waals surface area contributed by atoms with Crippen LogP contribution in [0.25, 0.3) is 33.6 Å². The Kier molecular flexibility index (Phi) is 9.31. The van der Waals surface area contributed by atoms with Crippen LogP contribution < -0.4 is 20.1 Å². The van der Waals surface area contributed by atoms with E-state index in [0.29, 0.717) is 52.6 Å². The van der Waals surface area contributed by atoms with Crippen LogP contribution in [-0.2, 0) is 22.6 Å². The lowest BCUT2D eigenvalue weighted by Crippen LogP contribution is -2.72. The smallest absolute Gasteiger partial charge is 0.237 e. The standard InChI is InChI=1S/C39H41Cl2N7O4/c1-22(49)48-20-39(21-48)18-47(19-39)17-32-37(51-2)46-31(16-43-32)28-9-5-7-26(36(28)41)25-6-4-8-27(35(25)40)30-14-23-10-12-29(34(23)38(45-30)52-3)42-15-24-11-13-33(50)44-24/h4-9,14,16,24,29,42H,10-13,15,17-21H2,1-3H3,(H,44,50). The molecule has 270 valence electrons. The Hall–Kier alpha value is -4.29. The summed E-state index contributed by atoms with van der Waals surface area (Å²) in [4.78, 5) is 42.1. The zero-order valence-electron chi connectivity index (χ0n) is 29.5. The van der Waals surface area contributed by atoms with Crippen molar-refractivity contribution in [1.29, 1.82) is 0 Å². The molecule has 2 N–H and O–H groups in total. The van der Waals surface area contributed by atoms with Gasteiger partial charge in [0.1, 0.15) is 5.69 Å². The van der Waals surface area contributed by atoms with Gasteiger partial charge in [-0.25, -0.2) is 9.97 Å². The highest BCUT2D eigenvalue weighted by molar-refractivity contribution is 6.39. The molecule has 2 atom stereocenters. The maximum Gasteiger partial charge on any atom is 0.237 e. The number of aromatic nitrogens is 3. The van der Waals surface area contributed by atoms with Gasteiger partial charge in [-0.3, -0.25) is 19.5 Å². The molecule has 8 rings (SSSR count). The average Bonchev–Trinajstić information content (AvgIpc) is 3.73. The molecule has 1 aliphatic carbocycles. The van der Waals surface area contributed by atoms with Crippen LogP contribution in [0.1, 0.15) is 49.0 Å². The van der Waals surface area contributed by atoms with Crippen LogP contribution in [-0.4, -0.2) is 89.6 Å². The van der Waals surface area contributed by atoms with E-state index >= 15 is 0 Å². The van der Waals surface area contributed by atoms with Gasteiger partial charge in [0.05, 0.1) is 41.8 Å². The quantitative estimate of drug-likeness (QED) is 0.210. The zero-order chi connectivity index (χ0) is 36.1. The van der Waals surface area contributed by atoms with Gasteiger partial charge in [-0.05, 0) is 30.9 Å². The van der Waals surface area contributed by atoms with Crippen molar-refractivity contribution in [3.63, 3.8) is 0 Å². The van der Waals surface area contributed by atoms with Gasteiger partial charge in [0.15, 0.2) is 0 Å². The summed E-state index contributed by atoms with van der Waals surface area (Å²) in [5.74, 6) is 1.28. The fraction of sp³-hybridized carbons (Fsp3) is 0.410. The minimum atomic E-state index is 0.0957. The molecule has 0 bridgehead atoms. The Morgan fingerprint density at radius 3 is 2.21 bits per heavy atom. The fourth-order valence-electron chi connectivity index (χ4n) is 8.30. The minimum absolute atomic E-state index is 0.0957. The van der Waals surface area contributed by atoms with Crippen LogP contribution in [0.4, 0.5) is 0 Å². The zero-order valence-corrected chi connectivity index (χ0v) is 31.0. The second kappa shape index (κ2) is 13.9. The Labute approximate surface area is 313 Å². The molecule has 11 nitrogen and oxygen atoms in total. The summed E-state index contributed by atoms with van der Waals surface area (Å²) < 4.78 is 11.5. The molecule has 3 aliphatic heterocycles. The molecule has 0 saturated carbocycles.